The van der Waals surface area contributed by atoms with Crippen molar-refractivity contribution >= 4 is 17.2 Å². The monoisotopic (exact) mass is 327 g/mol. The first-order valence-corrected chi connectivity index (χ1v) is 8.17. The zero-order chi connectivity index (χ0) is 16.2. The van der Waals surface area contributed by atoms with E-state index in [4.69, 9.17) is 4.52 Å². The van der Waals surface area contributed by atoms with Crippen LogP contribution in [0.2, 0.25) is 0 Å². The molecule has 1 unspecified atom stereocenters. The number of hydrogen-bond donors (Lipinski definition) is 1. The summed E-state index contributed by atoms with van der Waals surface area (Å²) in [6, 6.07) is 13.4. The summed E-state index contributed by atoms with van der Waals surface area (Å²) in [7, 11) is 0. The topological polar surface area (TPSA) is 68.0 Å². The summed E-state index contributed by atoms with van der Waals surface area (Å²) in [5.41, 5.74) is 1.11. The second-order valence-electron chi connectivity index (χ2n) is 5.31. The third kappa shape index (κ3) is 3.84. The molecular weight excluding hydrogens is 310 g/mol. The van der Waals surface area contributed by atoms with Crippen molar-refractivity contribution in [1.82, 2.24) is 15.5 Å². The first kappa shape index (κ1) is 15.4. The molecule has 0 saturated heterocycles. The zero-order valence-corrected chi connectivity index (χ0v) is 13.8. The van der Waals surface area contributed by atoms with Gasteiger partial charge in [0.1, 0.15) is 0 Å². The van der Waals surface area contributed by atoms with Crippen molar-refractivity contribution in [1.29, 1.82) is 0 Å². The number of nitrogens with zero attached hydrogens (tertiary/aromatic N) is 2. The van der Waals surface area contributed by atoms with E-state index in [1.807, 2.05) is 56.3 Å². The van der Waals surface area contributed by atoms with Crippen LogP contribution in [0.15, 0.2) is 47.0 Å². The maximum absolute atomic E-state index is 12.2. The highest BCUT2D eigenvalue weighted by Gasteiger charge is 2.18. The van der Waals surface area contributed by atoms with Gasteiger partial charge in [-0.1, -0.05) is 35.5 Å². The minimum Gasteiger partial charge on any atom is -0.341 e. The number of amides is 1. The molecule has 0 aliphatic rings. The van der Waals surface area contributed by atoms with Gasteiger partial charge in [-0.25, -0.2) is 0 Å². The molecule has 2 heterocycles. The number of aromatic nitrogens is 2. The number of nitrogens with one attached hydrogen (secondary N) is 1. The average molecular weight is 327 g/mol. The maximum atomic E-state index is 12.2. The molecule has 0 aliphatic heterocycles. The van der Waals surface area contributed by atoms with Crippen molar-refractivity contribution in [3.8, 4) is 0 Å². The molecule has 0 radical (unpaired) electrons. The van der Waals surface area contributed by atoms with Gasteiger partial charge in [-0.15, -0.1) is 11.3 Å². The fourth-order valence-electron chi connectivity index (χ4n) is 2.18. The van der Waals surface area contributed by atoms with Crippen LogP contribution >= 0.6 is 11.3 Å². The number of carbonyl (C=O) groups is 1. The highest BCUT2D eigenvalue weighted by molar-refractivity contribution is 7.13. The molecule has 5 nitrogen and oxygen atoms in total. The molecule has 118 valence electrons. The van der Waals surface area contributed by atoms with Crippen LogP contribution in [-0.4, -0.2) is 16.0 Å². The molecule has 1 amide bonds. The summed E-state index contributed by atoms with van der Waals surface area (Å²) in [5, 5.41) is 6.86. The van der Waals surface area contributed by atoms with Gasteiger partial charge in [-0.2, -0.15) is 4.98 Å². The molecule has 0 spiro atoms. The first-order chi connectivity index (χ1) is 11.1. The molecule has 3 aromatic rings. The second kappa shape index (κ2) is 6.75. The van der Waals surface area contributed by atoms with E-state index in [1.54, 1.807) is 0 Å². The van der Waals surface area contributed by atoms with Gasteiger partial charge < -0.3 is 9.84 Å². The molecule has 6 heteroatoms. The van der Waals surface area contributed by atoms with Gasteiger partial charge in [0.15, 0.2) is 5.82 Å². The molecule has 3 rings (SSSR count). The maximum Gasteiger partial charge on any atom is 0.261 e. The van der Waals surface area contributed by atoms with Crippen LogP contribution in [0.4, 0.5) is 0 Å². The van der Waals surface area contributed by atoms with Gasteiger partial charge in [0.05, 0.1) is 17.3 Å². The molecule has 0 fully saturated rings. The SMILES string of the molecule is Cc1ccc(C(=O)NC(C)c2noc(Cc3ccccc3)n2)s1. The van der Waals surface area contributed by atoms with Crippen LogP contribution in [0.3, 0.4) is 0 Å². The molecule has 1 aromatic carbocycles. The summed E-state index contributed by atoms with van der Waals surface area (Å²) in [6.45, 7) is 3.81. The van der Waals surface area contributed by atoms with Crippen LogP contribution in [-0.2, 0) is 6.42 Å². The van der Waals surface area contributed by atoms with E-state index < -0.39 is 0 Å². The number of thiophene rings is 1. The molecular formula is C17H17N3O2S. The van der Waals surface area contributed by atoms with Gasteiger partial charge in [0.2, 0.25) is 5.89 Å². The molecule has 0 aliphatic carbocycles. The van der Waals surface area contributed by atoms with Crippen LogP contribution in [0.5, 0.6) is 0 Å². The van der Waals surface area contributed by atoms with Crippen LogP contribution in [0, 0.1) is 6.92 Å². The van der Waals surface area contributed by atoms with E-state index in [2.05, 4.69) is 15.5 Å². The van der Waals surface area contributed by atoms with Crippen LogP contribution in [0.25, 0.3) is 0 Å². The highest BCUT2D eigenvalue weighted by atomic mass is 32.1. The Bertz CT molecular complexity index is 795. The summed E-state index contributed by atoms with van der Waals surface area (Å²) in [4.78, 5) is 18.3. The lowest BCUT2D eigenvalue weighted by Crippen LogP contribution is -2.26. The Morgan fingerprint density at radius 2 is 2.04 bits per heavy atom. The van der Waals surface area contributed by atoms with Crippen LogP contribution < -0.4 is 5.32 Å². The Labute approximate surface area is 138 Å². The number of hydrogen-bond acceptors (Lipinski definition) is 5. The van der Waals surface area contributed by atoms with Gasteiger partial charge in [0.25, 0.3) is 5.91 Å². The van der Waals surface area contributed by atoms with Gasteiger partial charge in [0, 0.05) is 4.88 Å². The number of carbonyl (C=O) groups excluding carboxylic acids is 1. The Morgan fingerprint density at radius 1 is 1.26 bits per heavy atom. The number of aryl methyl sites for hydroxylation is 1. The van der Waals surface area contributed by atoms with Crippen molar-refractivity contribution < 1.29 is 9.32 Å². The van der Waals surface area contributed by atoms with Crippen molar-refractivity contribution in [2.75, 3.05) is 0 Å². The molecule has 2 aromatic heterocycles. The fraction of sp³-hybridized carbons (Fsp3) is 0.235. The third-order valence-corrected chi connectivity index (χ3v) is 4.38. The summed E-state index contributed by atoms with van der Waals surface area (Å²) in [6.07, 6.45) is 0.582. The highest BCUT2D eigenvalue weighted by Crippen LogP contribution is 2.17. The average Bonchev–Trinajstić information content (AvgIpc) is 3.17. The largest absolute Gasteiger partial charge is 0.341 e. The van der Waals surface area contributed by atoms with Crippen LogP contribution in [0.1, 0.15) is 44.8 Å². The second-order valence-corrected chi connectivity index (χ2v) is 6.60. The summed E-state index contributed by atoms with van der Waals surface area (Å²) in [5.74, 6) is 0.904. The molecule has 0 bridgehead atoms. The van der Waals surface area contributed by atoms with Crippen molar-refractivity contribution in [2.24, 2.45) is 0 Å². The van der Waals surface area contributed by atoms with E-state index in [0.717, 1.165) is 10.4 Å². The standard InChI is InChI=1S/C17H17N3O2S/c1-11-8-9-14(23-11)17(21)18-12(2)16-19-15(22-20-16)10-13-6-4-3-5-7-13/h3-9,12H,10H2,1-2H3,(H,18,21). The van der Waals surface area contributed by atoms with Crippen molar-refractivity contribution in [3.63, 3.8) is 0 Å². The minimum atomic E-state index is -0.307. The molecule has 23 heavy (non-hydrogen) atoms. The lowest BCUT2D eigenvalue weighted by atomic mass is 10.1. The quantitative estimate of drug-likeness (QED) is 0.778. The van der Waals surface area contributed by atoms with Crippen molar-refractivity contribution in [2.45, 2.75) is 26.3 Å². The Balaban J connectivity index is 1.64. The van der Waals surface area contributed by atoms with Crippen molar-refractivity contribution in [3.05, 3.63) is 69.5 Å². The number of rotatable bonds is 5. The minimum absolute atomic E-state index is 0.120. The van der Waals surface area contributed by atoms with E-state index in [1.165, 1.54) is 11.3 Å². The lowest BCUT2D eigenvalue weighted by molar-refractivity contribution is 0.0942. The van der Waals surface area contributed by atoms with Gasteiger partial charge >= 0.3 is 0 Å². The fourth-order valence-corrected chi connectivity index (χ4v) is 2.95. The Hall–Kier alpha value is -2.47. The number of benzene rings is 1. The third-order valence-electron chi connectivity index (χ3n) is 3.38. The van der Waals surface area contributed by atoms with E-state index in [-0.39, 0.29) is 11.9 Å². The summed E-state index contributed by atoms with van der Waals surface area (Å²) < 4.78 is 5.27. The Morgan fingerprint density at radius 3 is 2.74 bits per heavy atom. The predicted octanol–water partition coefficient (Wildman–Crippen LogP) is 3.52. The van der Waals surface area contributed by atoms with Gasteiger partial charge in [-0.3, -0.25) is 4.79 Å². The summed E-state index contributed by atoms with van der Waals surface area (Å²) >= 11 is 1.46. The van der Waals surface area contributed by atoms with E-state index >= 15 is 0 Å². The van der Waals surface area contributed by atoms with E-state index in [9.17, 15) is 4.79 Å². The Kier molecular flexibility index (Phi) is 4.52. The first-order valence-electron chi connectivity index (χ1n) is 7.35. The lowest BCUT2D eigenvalue weighted by Gasteiger charge is -2.08. The van der Waals surface area contributed by atoms with E-state index in [0.29, 0.717) is 23.0 Å². The smallest absolute Gasteiger partial charge is 0.261 e. The molecule has 0 saturated carbocycles. The predicted molar refractivity (Wildman–Crippen MR) is 88.5 cm³/mol. The normalized spacial score (nSPS) is 12.1. The molecule has 1 atom stereocenters. The molecule has 1 N–H and O–H groups in total. The zero-order valence-electron chi connectivity index (χ0n) is 12.9. The van der Waals surface area contributed by atoms with Gasteiger partial charge in [-0.05, 0) is 31.5 Å².